The van der Waals surface area contributed by atoms with Gasteiger partial charge >= 0.3 is 0 Å². The topological polar surface area (TPSA) is 114 Å². The average Bonchev–Trinajstić information content (AvgIpc) is 2.93. The summed E-state index contributed by atoms with van der Waals surface area (Å²) >= 11 is 11.6. The van der Waals surface area contributed by atoms with Gasteiger partial charge in [-0.1, -0.05) is 11.6 Å². The van der Waals surface area contributed by atoms with E-state index in [2.05, 4.69) is 15.0 Å². The second-order valence-electron chi connectivity index (χ2n) is 4.34. The molecular weight excluding hydrogens is 311 g/mol. The smallest absolute Gasteiger partial charge is 0.225 e. The Bertz CT molecular complexity index is 651. The van der Waals surface area contributed by atoms with Gasteiger partial charge < -0.3 is 20.1 Å². The van der Waals surface area contributed by atoms with Crippen molar-refractivity contribution in [2.75, 3.05) is 6.61 Å². The number of fused-ring (bicyclic) bond motifs is 1. The lowest BCUT2D eigenvalue weighted by molar-refractivity contribution is -0.0511. The van der Waals surface area contributed by atoms with Crippen LogP contribution in [0.15, 0.2) is 6.33 Å². The Labute approximate surface area is 122 Å². The molecule has 1 unspecified atom stereocenters. The summed E-state index contributed by atoms with van der Waals surface area (Å²) in [5, 5.41) is 28.8. The quantitative estimate of drug-likeness (QED) is 0.516. The fourth-order valence-electron chi connectivity index (χ4n) is 2.15. The van der Waals surface area contributed by atoms with Crippen molar-refractivity contribution < 1.29 is 20.1 Å². The molecule has 2 aromatic heterocycles. The number of aromatic nitrogens is 4. The Morgan fingerprint density at radius 2 is 2.00 bits per heavy atom. The van der Waals surface area contributed by atoms with E-state index < -0.39 is 31.1 Å². The highest BCUT2D eigenvalue weighted by molar-refractivity contribution is 6.35. The van der Waals surface area contributed by atoms with Gasteiger partial charge in [0, 0.05) is 0 Å². The van der Waals surface area contributed by atoms with Crippen LogP contribution in [-0.2, 0) is 4.74 Å². The number of halogens is 2. The van der Waals surface area contributed by atoms with Crippen LogP contribution in [0, 0.1) is 0 Å². The number of nitrogens with zero attached hydrogens (tertiary/aromatic N) is 4. The first-order valence-corrected chi connectivity index (χ1v) is 6.46. The van der Waals surface area contributed by atoms with E-state index in [0.29, 0.717) is 5.52 Å². The third kappa shape index (κ3) is 2.05. The zero-order chi connectivity index (χ0) is 14.4. The molecule has 1 aliphatic heterocycles. The molecule has 0 aliphatic carbocycles. The fraction of sp³-hybridized carbons (Fsp3) is 0.500. The zero-order valence-corrected chi connectivity index (χ0v) is 11.4. The molecule has 0 bridgehead atoms. The molecule has 1 saturated heterocycles. The van der Waals surface area contributed by atoms with E-state index in [1.165, 1.54) is 10.9 Å². The maximum Gasteiger partial charge on any atom is 0.225 e. The molecule has 108 valence electrons. The van der Waals surface area contributed by atoms with Crippen LogP contribution in [0.25, 0.3) is 11.2 Å². The van der Waals surface area contributed by atoms with Crippen molar-refractivity contribution in [2.45, 2.75) is 24.5 Å². The molecule has 2 aromatic rings. The maximum atomic E-state index is 9.98. The fourth-order valence-corrected chi connectivity index (χ4v) is 2.57. The zero-order valence-electron chi connectivity index (χ0n) is 9.89. The second kappa shape index (κ2) is 5.06. The Morgan fingerprint density at radius 1 is 1.25 bits per heavy atom. The van der Waals surface area contributed by atoms with Gasteiger partial charge in [0.1, 0.15) is 23.8 Å². The molecular formula is C10H10Cl2N4O4. The van der Waals surface area contributed by atoms with Crippen LogP contribution in [-0.4, -0.2) is 59.8 Å². The minimum absolute atomic E-state index is 0.0732. The van der Waals surface area contributed by atoms with Crippen molar-refractivity contribution in [3.05, 3.63) is 16.8 Å². The summed E-state index contributed by atoms with van der Waals surface area (Å²) in [6, 6.07) is 0. The number of hydrogen-bond acceptors (Lipinski definition) is 7. The Hall–Kier alpha value is -1.03. The first-order valence-electron chi connectivity index (χ1n) is 5.71. The van der Waals surface area contributed by atoms with Gasteiger partial charge in [0.15, 0.2) is 17.0 Å². The SMILES string of the molecule is OC[C@H]1O[C@@H](n2cnc3c(Cl)nc(Cl)nc32)C(O)[C@H]1O. The first kappa shape index (κ1) is 13.9. The van der Waals surface area contributed by atoms with Crippen LogP contribution in [0.1, 0.15) is 6.23 Å². The normalized spacial score (nSPS) is 30.2. The van der Waals surface area contributed by atoms with Crippen LogP contribution in [0.2, 0.25) is 10.4 Å². The van der Waals surface area contributed by atoms with Gasteiger partial charge in [-0.2, -0.15) is 4.98 Å². The first-order chi connectivity index (χ1) is 9.52. The van der Waals surface area contributed by atoms with Crippen LogP contribution in [0.3, 0.4) is 0 Å². The van der Waals surface area contributed by atoms with Gasteiger partial charge in [0.2, 0.25) is 5.28 Å². The third-order valence-electron chi connectivity index (χ3n) is 3.14. The van der Waals surface area contributed by atoms with Crippen molar-refractivity contribution in [1.29, 1.82) is 0 Å². The molecule has 4 atom stereocenters. The molecule has 8 nitrogen and oxygen atoms in total. The molecule has 0 amide bonds. The van der Waals surface area contributed by atoms with E-state index in [1.807, 2.05) is 0 Å². The highest BCUT2D eigenvalue weighted by Crippen LogP contribution is 2.32. The van der Waals surface area contributed by atoms with Crippen LogP contribution in [0.4, 0.5) is 0 Å². The lowest BCUT2D eigenvalue weighted by Crippen LogP contribution is -2.33. The molecule has 0 spiro atoms. The lowest BCUT2D eigenvalue weighted by Gasteiger charge is -2.16. The van der Waals surface area contributed by atoms with Crippen molar-refractivity contribution in [3.63, 3.8) is 0 Å². The monoisotopic (exact) mass is 320 g/mol. The molecule has 0 saturated carbocycles. The highest BCUT2D eigenvalue weighted by Gasteiger charge is 2.44. The molecule has 3 N–H and O–H groups in total. The second-order valence-corrected chi connectivity index (χ2v) is 5.03. The van der Waals surface area contributed by atoms with Crippen molar-refractivity contribution in [1.82, 2.24) is 19.5 Å². The maximum absolute atomic E-state index is 9.98. The summed E-state index contributed by atoms with van der Waals surface area (Å²) in [6.07, 6.45) is -2.94. The van der Waals surface area contributed by atoms with Gasteiger partial charge in [0.05, 0.1) is 12.9 Å². The molecule has 1 fully saturated rings. The van der Waals surface area contributed by atoms with Crippen molar-refractivity contribution in [2.24, 2.45) is 0 Å². The number of imidazole rings is 1. The summed E-state index contributed by atoms with van der Waals surface area (Å²) < 4.78 is 6.78. The largest absolute Gasteiger partial charge is 0.394 e. The minimum atomic E-state index is -1.24. The van der Waals surface area contributed by atoms with Crippen LogP contribution >= 0.6 is 23.2 Å². The van der Waals surface area contributed by atoms with Gasteiger partial charge in [0.25, 0.3) is 0 Å². The minimum Gasteiger partial charge on any atom is -0.394 e. The van der Waals surface area contributed by atoms with E-state index in [1.54, 1.807) is 0 Å². The van der Waals surface area contributed by atoms with E-state index in [0.717, 1.165) is 0 Å². The average molecular weight is 321 g/mol. The summed E-state index contributed by atoms with van der Waals surface area (Å²) in [5.74, 6) is 0. The van der Waals surface area contributed by atoms with Crippen molar-refractivity contribution in [3.8, 4) is 0 Å². The molecule has 0 aromatic carbocycles. The van der Waals surface area contributed by atoms with Crippen LogP contribution < -0.4 is 0 Å². The van der Waals surface area contributed by atoms with E-state index in [9.17, 15) is 10.2 Å². The summed E-state index contributed by atoms with van der Waals surface area (Å²) in [6.45, 7) is -0.419. The predicted octanol–water partition coefficient (Wildman–Crippen LogP) is -0.255. The van der Waals surface area contributed by atoms with Gasteiger partial charge in [-0.3, -0.25) is 4.57 Å². The number of ether oxygens (including phenoxy) is 1. The molecule has 10 heteroatoms. The number of hydrogen-bond donors (Lipinski definition) is 3. The molecule has 20 heavy (non-hydrogen) atoms. The molecule has 0 radical (unpaired) electrons. The Morgan fingerprint density at radius 3 is 2.65 bits per heavy atom. The standard InChI is InChI=1S/C10H10Cl2N4O4/c11-7-4-8(15-10(12)14-7)16(2-13-4)9-6(19)5(18)3(1-17)20-9/h2-3,5-6,9,17-19H,1H2/t3-,5+,6?,9-/m1/s1. The van der Waals surface area contributed by atoms with Gasteiger partial charge in [-0.15, -0.1) is 0 Å². The van der Waals surface area contributed by atoms with Crippen molar-refractivity contribution >= 4 is 34.4 Å². The third-order valence-corrected chi connectivity index (χ3v) is 3.58. The summed E-state index contributed by atoms with van der Waals surface area (Å²) in [5.41, 5.74) is 0.568. The molecule has 3 rings (SSSR count). The number of aliphatic hydroxyl groups is 3. The van der Waals surface area contributed by atoms with Gasteiger partial charge in [-0.25, -0.2) is 9.97 Å². The molecule has 1 aliphatic rings. The van der Waals surface area contributed by atoms with E-state index in [-0.39, 0.29) is 16.1 Å². The Kier molecular flexibility index (Phi) is 3.53. The number of aliphatic hydroxyl groups excluding tert-OH is 3. The molecule has 3 heterocycles. The Balaban J connectivity index is 2.07. The lowest BCUT2D eigenvalue weighted by atomic mass is 10.1. The number of rotatable bonds is 2. The van der Waals surface area contributed by atoms with E-state index in [4.69, 9.17) is 33.0 Å². The highest BCUT2D eigenvalue weighted by atomic mass is 35.5. The summed E-state index contributed by atoms with van der Waals surface area (Å²) in [7, 11) is 0. The van der Waals surface area contributed by atoms with Crippen LogP contribution in [0.5, 0.6) is 0 Å². The van der Waals surface area contributed by atoms with E-state index >= 15 is 0 Å². The summed E-state index contributed by atoms with van der Waals surface area (Å²) in [4.78, 5) is 11.8. The van der Waals surface area contributed by atoms with Gasteiger partial charge in [-0.05, 0) is 11.6 Å². The predicted molar refractivity (Wildman–Crippen MR) is 68.4 cm³/mol.